The van der Waals surface area contributed by atoms with Gasteiger partial charge in [-0.05, 0) is 28.9 Å². The van der Waals surface area contributed by atoms with Crippen molar-refractivity contribution < 1.29 is 19.2 Å². The molecule has 0 saturated carbocycles. The van der Waals surface area contributed by atoms with Gasteiger partial charge in [0.2, 0.25) is 5.75 Å². The summed E-state index contributed by atoms with van der Waals surface area (Å²) in [7, 11) is 0. The molecule has 0 fully saturated rings. The number of ether oxygens (including phenoxy) is 2. The highest BCUT2D eigenvalue weighted by molar-refractivity contribution is 9.10. The molecule has 0 saturated heterocycles. The van der Waals surface area contributed by atoms with Gasteiger partial charge in [-0.1, -0.05) is 11.6 Å². The second-order valence-corrected chi connectivity index (χ2v) is 4.69. The zero-order valence-electron chi connectivity index (χ0n) is 10.0. The molecular weight excluding hydrogens is 341 g/mol. The van der Waals surface area contributed by atoms with Gasteiger partial charge in [0.1, 0.15) is 0 Å². The van der Waals surface area contributed by atoms with Crippen LogP contribution in [0.3, 0.4) is 0 Å². The van der Waals surface area contributed by atoms with E-state index in [-0.39, 0.29) is 36.1 Å². The van der Waals surface area contributed by atoms with Crippen LogP contribution in [0.15, 0.2) is 16.6 Å². The first-order valence-corrected chi connectivity index (χ1v) is 6.54. The highest BCUT2D eigenvalue weighted by Crippen LogP contribution is 2.37. The Balaban J connectivity index is 2.77. The first-order chi connectivity index (χ1) is 8.95. The van der Waals surface area contributed by atoms with Crippen LogP contribution in [0, 0.1) is 10.1 Å². The molecule has 0 N–H and O–H groups in total. The second kappa shape index (κ2) is 7.30. The molecule has 104 valence electrons. The fraction of sp³-hybridized carbons (Fsp3) is 0.364. The van der Waals surface area contributed by atoms with Gasteiger partial charge in [-0.3, -0.25) is 14.9 Å². The van der Waals surface area contributed by atoms with Gasteiger partial charge in [0.05, 0.1) is 29.0 Å². The molecule has 0 aliphatic carbocycles. The summed E-state index contributed by atoms with van der Waals surface area (Å²) in [6, 6.07) is 2.67. The van der Waals surface area contributed by atoms with Gasteiger partial charge < -0.3 is 9.47 Å². The average Bonchev–Trinajstić information content (AvgIpc) is 2.31. The fourth-order valence-electron chi connectivity index (χ4n) is 1.29. The maximum absolute atomic E-state index is 11.1. The number of hydrogen-bond acceptors (Lipinski definition) is 5. The van der Waals surface area contributed by atoms with Crippen LogP contribution in [0.2, 0.25) is 5.02 Å². The van der Waals surface area contributed by atoms with Gasteiger partial charge in [-0.15, -0.1) is 0 Å². The number of nitro groups is 1. The molecule has 0 spiro atoms. The molecule has 19 heavy (non-hydrogen) atoms. The summed E-state index contributed by atoms with van der Waals surface area (Å²) in [5, 5.41) is 11.1. The highest BCUT2D eigenvalue weighted by Gasteiger charge is 2.20. The lowest BCUT2D eigenvalue weighted by Crippen LogP contribution is -2.10. The topological polar surface area (TPSA) is 78.7 Å². The standard InChI is InChI=1S/C11H11BrClNO5/c1-2-18-10(15)3-4-19-11-8(12)5-7(13)6-9(11)14(16)17/h5-6H,2-4H2,1H3. The molecule has 0 aliphatic heterocycles. The van der Waals surface area contributed by atoms with Crippen molar-refractivity contribution in [1.29, 1.82) is 0 Å². The Hall–Kier alpha value is -1.34. The third-order valence-electron chi connectivity index (χ3n) is 2.04. The predicted molar refractivity (Wildman–Crippen MR) is 72.6 cm³/mol. The Bertz CT molecular complexity index is 494. The third-order valence-corrected chi connectivity index (χ3v) is 2.85. The first kappa shape index (κ1) is 15.7. The van der Waals surface area contributed by atoms with E-state index < -0.39 is 10.9 Å². The molecule has 0 atom stereocenters. The Labute approximate surface area is 122 Å². The molecule has 0 radical (unpaired) electrons. The normalized spacial score (nSPS) is 10.1. The van der Waals surface area contributed by atoms with E-state index >= 15 is 0 Å². The summed E-state index contributed by atoms with van der Waals surface area (Å²) in [4.78, 5) is 21.4. The van der Waals surface area contributed by atoms with Crippen LogP contribution in [-0.4, -0.2) is 24.1 Å². The molecule has 0 heterocycles. The number of carbonyl (C=O) groups excluding carboxylic acids is 1. The summed E-state index contributed by atoms with van der Waals surface area (Å²) in [5.41, 5.74) is -0.261. The van der Waals surface area contributed by atoms with E-state index in [0.29, 0.717) is 4.47 Å². The van der Waals surface area contributed by atoms with Crippen LogP contribution in [0.1, 0.15) is 13.3 Å². The van der Waals surface area contributed by atoms with E-state index in [1.54, 1.807) is 6.92 Å². The average molecular weight is 353 g/mol. The molecule has 0 aliphatic rings. The lowest BCUT2D eigenvalue weighted by Gasteiger charge is -2.08. The number of nitrogens with zero attached hydrogens (tertiary/aromatic N) is 1. The molecule has 1 aromatic rings. The van der Waals surface area contributed by atoms with Crippen molar-refractivity contribution in [2.45, 2.75) is 13.3 Å². The van der Waals surface area contributed by atoms with Crippen LogP contribution in [-0.2, 0) is 9.53 Å². The third kappa shape index (κ3) is 4.68. The van der Waals surface area contributed by atoms with Crippen molar-refractivity contribution in [2.24, 2.45) is 0 Å². The lowest BCUT2D eigenvalue weighted by molar-refractivity contribution is -0.385. The van der Waals surface area contributed by atoms with Crippen molar-refractivity contribution in [1.82, 2.24) is 0 Å². The highest BCUT2D eigenvalue weighted by atomic mass is 79.9. The van der Waals surface area contributed by atoms with E-state index in [1.165, 1.54) is 12.1 Å². The Morgan fingerprint density at radius 2 is 2.21 bits per heavy atom. The lowest BCUT2D eigenvalue weighted by atomic mass is 10.3. The number of carbonyl (C=O) groups is 1. The molecule has 0 bridgehead atoms. The zero-order valence-corrected chi connectivity index (χ0v) is 12.4. The number of esters is 1. The molecule has 8 heteroatoms. The molecule has 0 aromatic heterocycles. The smallest absolute Gasteiger partial charge is 0.313 e. The number of halogens is 2. The Kier molecular flexibility index (Phi) is 6.04. The minimum absolute atomic E-state index is 0.0139. The number of nitro benzene ring substituents is 1. The van der Waals surface area contributed by atoms with Gasteiger partial charge in [0, 0.05) is 11.1 Å². The van der Waals surface area contributed by atoms with E-state index in [1.807, 2.05) is 0 Å². The summed E-state index contributed by atoms with van der Waals surface area (Å²) in [5.74, 6) is -0.381. The molecular formula is C11H11BrClNO5. The number of hydrogen-bond donors (Lipinski definition) is 0. The minimum atomic E-state index is -0.601. The SMILES string of the molecule is CCOC(=O)CCOc1c(Br)cc(Cl)cc1[N+](=O)[O-]. The van der Waals surface area contributed by atoms with Crippen molar-refractivity contribution in [3.05, 3.63) is 31.7 Å². The zero-order chi connectivity index (χ0) is 14.4. The van der Waals surface area contributed by atoms with E-state index in [9.17, 15) is 14.9 Å². The van der Waals surface area contributed by atoms with Gasteiger partial charge >= 0.3 is 11.7 Å². The van der Waals surface area contributed by atoms with Gasteiger partial charge in [-0.2, -0.15) is 0 Å². The summed E-state index contributed by atoms with van der Waals surface area (Å²) < 4.78 is 10.3. The maximum atomic E-state index is 11.1. The first-order valence-electron chi connectivity index (χ1n) is 5.37. The van der Waals surface area contributed by atoms with Gasteiger partial charge in [0.15, 0.2) is 0 Å². The summed E-state index contributed by atoms with van der Waals surface area (Å²) in [6.45, 7) is 1.96. The van der Waals surface area contributed by atoms with E-state index in [0.717, 1.165) is 0 Å². The Morgan fingerprint density at radius 3 is 2.79 bits per heavy atom. The minimum Gasteiger partial charge on any atom is -0.485 e. The molecule has 0 amide bonds. The molecule has 1 rings (SSSR count). The van der Waals surface area contributed by atoms with E-state index in [2.05, 4.69) is 15.9 Å². The predicted octanol–water partition coefficient (Wildman–Crippen LogP) is 3.34. The summed E-state index contributed by atoms with van der Waals surface area (Å²) >= 11 is 8.86. The monoisotopic (exact) mass is 351 g/mol. The van der Waals surface area contributed by atoms with Crippen molar-refractivity contribution in [2.75, 3.05) is 13.2 Å². The quantitative estimate of drug-likeness (QED) is 0.446. The molecule has 6 nitrogen and oxygen atoms in total. The van der Waals surface area contributed by atoms with Gasteiger partial charge in [0.25, 0.3) is 0 Å². The van der Waals surface area contributed by atoms with Crippen molar-refractivity contribution >= 4 is 39.2 Å². The number of rotatable bonds is 6. The van der Waals surface area contributed by atoms with Crippen LogP contribution in [0.4, 0.5) is 5.69 Å². The number of benzene rings is 1. The maximum Gasteiger partial charge on any atom is 0.313 e. The molecule has 0 unspecified atom stereocenters. The Morgan fingerprint density at radius 1 is 1.53 bits per heavy atom. The van der Waals surface area contributed by atoms with Gasteiger partial charge in [-0.25, -0.2) is 0 Å². The fourth-order valence-corrected chi connectivity index (χ4v) is 2.20. The van der Waals surface area contributed by atoms with Crippen molar-refractivity contribution in [3.8, 4) is 5.75 Å². The van der Waals surface area contributed by atoms with Crippen LogP contribution in [0.25, 0.3) is 0 Å². The van der Waals surface area contributed by atoms with Crippen LogP contribution >= 0.6 is 27.5 Å². The van der Waals surface area contributed by atoms with Crippen molar-refractivity contribution in [3.63, 3.8) is 0 Å². The van der Waals surface area contributed by atoms with Crippen LogP contribution in [0.5, 0.6) is 5.75 Å². The second-order valence-electron chi connectivity index (χ2n) is 3.40. The summed E-state index contributed by atoms with van der Waals surface area (Å²) in [6.07, 6.45) is 0.0139. The largest absolute Gasteiger partial charge is 0.485 e. The molecule has 1 aromatic carbocycles. The van der Waals surface area contributed by atoms with E-state index in [4.69, 9.17) is 21.1 Å². The van der Waals surface area contributed by atoms with Crippen LogP contribution < -0.4 is 4.74 Å².